The zero-order valence-corrected chi connectivity index (χ0v) is 12.6. The molecule has 0 aliphatic heterocycles. The van der Waals surface area contributed by atoms with Gasteiger partial charge in [-0.25, -0.2) is 0 Å². The molecule has 0 aliphatic carbocycles. The number of H-pyrrole nitrogens is 1. The molecule has 6 nitrogen and oxygen atoms in total. The zero-order valence-electron chi connectivity index (χ0n) is 12.6. The van der Waals surface area contributed by atoms with Crippen LogP contribution in [0.15, 0.2) is 65.1 Å². The van der Waals surface area contributed by atoms with Crippen LogP contribution < -0.4 is 11.5 Å². The van der Waals surface area contributed by atoms with Crippen molar-refractivity contribution in [1.29, 1.82) is 0 Å². The van der Waals surface area contributed by atoms with E-state index >= 15 is 0 Å². The van der Waals surface area contributed by atoms with Gasteiger partial charge in [0, 0.05) is 11.6 Å². The van der Waals surface area contributed by atoms with Crippen molar-refractivity contribution in [2.24, 2.45) is 21.7 Å². The Labute approximate surface area is 133 Å². The topological polar surface area (TPSA) is 105 Å². The minimum Gasteiger partial charge on any atom is -0.369 e. The first-order chi connectivity index (χ1) is 11.2. The molecule has 2 heterocycles. The van der Waals surface area contributed by atoms with Crippen molar-refractivity contribution in [2.45, 2.75) is 12.8 Å². The Bertz CT molecular complexity index is 811. The van der Waals surface area contributed by atoms with Gasteiger partial charge in [-0.2, -0.15) is 0 Å². The molecule has 116 valence electrons. The van der Waals surface area contributed by atoms with E-state index in [2.05, 4.69) is 32.3 Å². The quantitative estimate of drug-likeness (QED) is 0.382. The number of hydrogen-bond donors (Lipinski definition) is 3. The third-order valence-corrected chi connectivity index (χ3v) is 3.51. The molecule has 6 heteroatoms. The molecule has 23 heavy (non-hydrogen) atoms. The van der Waals surface area contributed by atoms with Gasteiger partial charge in [0.25, 0.3) is 0 Å². The second kappa shape index (κ2) is 6.74. The van der Waals surface area contributed by atoms with Crippen molar-refractivity contribution in [1.82, 2.24) is 9.97 Å². The summed E-state index contributed by atoms with van der Waals surface area (Å²) in [5.41, 5.74) is 14.7. The molecule has 0 aliphatic rings. The predicted molar refractivity (Wildman–Crippen MR) is 93.2 cm³/mol. The smallest absolute Gasteiger partial charge is 0.211 e. The molecule has 0 radical (unpaired) electrons. The van der Waals surface area contributed by atoms with Gasteiger partial charge in [0.15, 0.2) is 0 Å². The highest BCUT2D eigenvalue weighted by molar-refractivity contribution is 6.03. The van der Waals surface area contributed by atoms with Crippen LogP contribution in [0.5, 0.6) is 0 Å². The van der Waals surface area contributed by atoms with Crippen LogP contribution in [0.2, 0.25) is 0 Å². The lowest BCUT2D eigenvalue weighted by Crippen LogP contribution is -2.22. The molecule has 0 spiro atoms. The van der Waals surface area contributed by atoms with E-state index in [1.54, 1.807) is 12.4 Å². The molecular weight excluding hydrogens is 288 g/mol. The highest BCUT2D eigenvalue weighted by atomic mass is 15.3. The van der Waals surface area contributed by atoms with Crippen LogP contribution in [0.1, 0.15) is 17.7 Å². The highest BCUT2D eigenvalue weighted by Gasteiger charge is 2.09. The Hall–Kier alpha value is -3.15. The number of aromatic amines is 1. The third kappa shape index (κ3) is 3.74. The van der Waals surface area contributed by atoms with Crippen molar-refractivity contribution in [2.75, 3.05) is 0 Å². The number of pyridine rings is 1. The summed E-state index contributed by atoms with van der Waals surface area (Å²) in [7, 11) is 0. The number of benzene rings is 1. The number of nitrogens with one attached hydrogen (secondary N) is 1. The van der Waals surface area contributed by atoms with Gasteiger partial charge in [0.05, 0.1) is 23.1 Å². The summed E-state index contributed by atoms with van der Waals surface area (Å²) in [5.74, 6) is -0.0556. The van der Waals surface area contributed by atoms with Crippen LogP contribution in [0.25, 0.3) is 10.9 Å². The van der Waals surface area contributed by atoms with Gasteiger partial charge < -0.3 is 16.5 Å². The zero-order chi connectivity index (χ0) is 16.1. The second-order valence-electron chi connectivity index (χ2n) is 5.20. The molecule has 0 bridgehead atoms. The van der Waals surface area contributed by atoms with Gasteiger partial charge in [-0.15, -0.1) is 10.2 Å². The standard InChI is InChI=1S/C17H18N6/c18-17(19)23-22-14(7-6-12-4-2-1-3-5-12)15-10-13-8-9-20-11-16(13)21-15/h1-5,8-11,21H,6-7H2,(H4,18,19,23). The maximum absolute atomic E-state index is 5.40. The molecule has 0 atom stereocenters. The first kappa shape index (κ1) is 14.8. The van der Waals surface area contributed by atoms with Gasteiger partial charge in [-0.3, -0.25) is 4.98 Å². The highest BCUT2D eigenvalue weighted by Crippen LogP contribution is 2.16. The minimum absolute atomic E-state index is 0.0556. The predicted octanol–water partition coefficient (Wildman–Crippen LogP) is 2.17. The van der Waals surface area contributed by atoms with Crippen LogP contribution in [-0.4, -0.2) is 21.6 Å². The second-order valence-corrected chi connectivity index (χ2v) is 5.20. The Morgan fingerprint density at radius 3 is 2.65 bits per heavy atom. The SMILES string of the molecule is NC(N)=NN=C(CCc1ccccc1)c1cc2ccncc2[nH]1. The van der Waals surface area contributed by atoms with Gasteiger partial charge in [-0.1, -0.05) is 30.3 Å². The van der Waals surface area contributed by atoms with Crippen molar-refractivity contribution in [3.05, 3.63) is 66.1 Å². The molecule has 0 saturated heterocycles. The monoisotopic (exact) mass is 306 g/mol. The Morgan fingerprint density at radius 2 is 1.91 bits per heavy atom. The van der Waals surface area contributed by atoms with Gasteiger partial charge in [0.2, 0.25) is 5.96 Å². The lowest BCUT2D eigenvalue weighted by atomic mass is 10.1. The summed E-state index contributed by atoms with van der Waals surface area (Å²) >= 11 is 0. The van der Waals surface area contributed by atoms with E-state index in [-0.39, 0.29) is 5.96 Å². The number of fused-ring (bicyclic) bond motifs is 1. The number of aromatic nitrogens is 2. The van der Waals surface area contributed by atoms with Crippen molar-refractivity contribution in [3.63, 3.8) is 0 Å². The number of nitrogens with zero attached hydrogens (tertiary/aromatic N) is 3. The molecule has 0 unspecified atom stereocenters. The van der Waals surface area contributed by atoms with E-state index in [1.165, 1.54) is 5.56 Å². The Morgan fingerprint density at radius 1 is 1.09 bits per heavy atom. The molecule has 3 aromatic rings. The Balaban J connectivity index is 1.89. The molecule has 0 fully saturated rings. The molecule has 1 aromatic carbocycles. The maximum atomic E-state index is 5.40. The van der Waals surface area contributed by atoms with Crippen LogP contribution in [0, 0.1) is 0 Å². The summed E-state index contributed by atoms with van der Waals surface area (Å²) in [6, 6.07) is 14.2. The van der Waals surface area contributed by atoms with E-state index < -0.39 is 0 Å². The minimum atomic E-state index is -0.0556. The maximum Gasteiger partial charge on any atom is 0.211 e. The van der Waals surface area contributed by atoms with Crippen LogP contribution in [-0.2, 0) is 6.42 Å². The third-order valence-electron chi connectivity index (χ3n) is 3.51. The summed E-state index contributed by atoms with van der Waals surface area (Å²) < 4.78 is 0. The number of rotatable bonds is 5. The molecule has 0 saturated carbocycles. The lowest BCUT2D eigenvalue weighted by Gasteiger charge is -2.03. The van der Waals surface area contributed by atoms with Crippen LogP contribution >= 0.6 is 0 Å². The van der Waals surface area contributed by atoms with Gasteiger partial charge >= 0.3 is 0 Å². The van der Waals surface area contributed by atoms with E-state index in [0.717, 1.165) is 35.2 Å². The average Bonchev–Trinajstić information content (AvgIpc) is 2.99. The number of guanidine groups is 1. The van der Waals surface area contributed by atoms with Crippen molar-refractivity contribution >= 4 is 22.6 Å². The summed E-state index contributed by atoms with van der Waals surface area (Å²) in [6.45, 7) is 0. The van der Waals surface area contributed by atoms with Crippen molar-refractivity contribution < 1.29 is 0 Å². The first-order valence-electron chi connectivity index (χ1n) is 7.35. The van der Waals surface area contributed by atoms with Gasteiger partial charge in [0.1, 0.15) is 0 Å². The average molecular weight is 306 g/mol. The van der Waals surface area contributed by atoms with E-state index in [4.69, 9.17) is 11.5 Å². The van der Waals surface area contributed by atoms with Crippen molar-refractivity contribution in [3.8, 4) is 0 Å². The lowest BCUT2D eigenvalue weighted by molar-refractivity contribution is 1.02. The fraction of sp³-hybridized carbons (Fsp3) is 0.118. The van der Waals surface area contributed by atoms with Crippen LogP contribution in [0.3, 0.4) is 0 Å². The summed E-state index contributed by atoms with van der Waals surface area (Å²) in [5, 5.41) is 9.09. The molecule has 5 N–H and O–H groups in total. The molecule has 3 rings (SSSR count). The first-order valence-corrected chi connectivity index (χ1v) is 7.35. The van der Waals surface area contributed by atoms with E-state index in [9.17, 15) is 0 Å². The summed E-state index contributed by atoms with van der Waals surface area (Å²) in [4.78, 5) is 7.43. The molecule has 2 aromatic heterocycles. The number of nitrogens with two attached hydrogens (primary N) is 2. The van der Waals surface area contributed by atoms with E-state index in [0.29, 0.717) is 0 Å². The fourth-order valence-electron chi connectivity index (χ4n) is 2.39. The normalized spacial score (nSPS) is 11.6. The summed E-state index contributed by atoms with van der Waals surface area (Å²) in [6.07, 6.45) is 5.12. The Kier molecular flexibility index (Phi) is 4.33. The fourth-order valence-corrected chi connectivity index (χ4v) is 2.39. The number of hydrogen-bond acceptors (Lipinski definition) is 3. The van der Waals surface area contributed by atoms with Gasteiger partial charge in [-0.05, 0) is 30.5 Å². The van der Waals surface area contributed by atoms with Crippen LogP contribution in [0.4, 0.5) is 0 Å². The molecule has 0 amide bonds. The largest absolute Gasteiger partial charge is 0.369 e. The number of aryl methyl sites for hydroxylation is 1. The molecular formula is C17H18N6. The van der Waals surface area contributed by atoms with E-state index in [1.807, 2.05) is 30.3 Å².